The highest BCUT2D eigenvalue weighted by Crippen LogP contribution is 2.01. The van der Waals surface area contributed by atoms with Crippen molar-refractivity contribution in [2.24, 2.45) is 0 Å². The highest BCUT2D eigenvalue weighted by molar-refractivity contribution is 6.76. The average Bonchev–Trinajstić information content (AvgIpc) is 1.63. The Morgan fingerprint density at radius 3 is 2.22 bits per heavy atom. The third kappa shape index (κ3) is 8.18. The van der Waals surface area contributed by atoms with Crippen LogP contribution in [0.15, 0.2) is 0 Å². The molecule has 0 saturated carbocycles. The Bertz CT molecular complexity index is 65.8. The largest absolute Gasteiger partial charge is 0.379 e. The SMILES string of the molecule is CC[CH]OC[Si](C)(C)C. The van der Waals surface area contributed by atoms with Crippen LogP contribution >= 0.6 is 0 Å². The van der Waals surface area contributed by atoms with Crippen LogP contribution in [0.3, 0.4) is 0 Å². The van der Waals surface area contributed by atoms with E-state index in [1.165, 1.54) is 0 Å². The van der Waals surface area contributed by atoms with Gasteiger partial charge in [0.2, 0.25) is 0 Å². The van der Waals surface area contributed by atoms with E-state index in [0.717, 1.165) is 12.7 Å². The maximum Gasteiger partial charge on any atom is 0.0829 e. The summed E-state index contributed by atoms with van der Waals surface area (Å²) < 4.78 is 5.28. The second-order valence-corrected chi connectivity index (χ2v) is 8.86. The monoisotopic (exact) mass is 145 g/mol. The van der Waals surface area contributed by atoms with Crippen LogP contribution in [0.25, 0.3) is 0 Å². The molecular weight excluding hydrogens is 128 g/mol. The Morgan fingerprint density at radius 1 is 1.33 bits per heavy atom. The van der Waals surface area contributed by atoms with Gasteiger partial charge in [0.1, 0.15) is 0 Å². The molecule has 55 valence electrons. The summed E-state index contributed by atoms with van der Waals surface area (Å²) in [6.07, 6.45) is 1.98. The first-order chi connectivity index (χ1) is 4.06. The molecule has 0 amide bonds. The van der Waals surface area contributed by atoms with Crippen molar-refractivity contribution in [1.29, 1.82) is 0 Å². The molecule has 0 heterocycles. The predicted octanol–water partition coefficient (Wildman–Crippen LogP) is 2.45. The van der Waals surface area contributed by atoms with Crippen LogP contribution < -0.4 is 0 Å². The normalized spacial score (nSPS) is 12.0. The number of ether oxygens (including phenoxy) is 1. The van der Waals surface area contributed by atoms with Crippen molar-refractivity contribution in [3.05, 3.63) is 6.61 Å². The predicted molar refractivity (Wildman–Crippen MR) is 43.9 cm³/mol. The minimum Gasteiger partial charge on any atom is -0.379 e. The lowest BCUT2D eigenvalue weighted by atomic mass is 10.5. The molecule has 0 aliphatic carbocycles. The average molecular weight is 145 g/mol. The zero-order chi connectivity index (χ0) is 7.33. The van der Waals surface area contributed by atoms with Crippen molar-refractivity contribution in [3.63, 3.8) is 0 Å². The van der Waals surface area contributed by atoms with Gasteiger partial charge >= 0.3 is 0 Å². The van der Waals surface area contributed by atoms with Gasteiger partial charge in [-0.15, -0.1) is 0 Å². The molecule has 9 heavy (non-hydrogen) atoms. The number of rotatable bonds is 4. The van der Waals surface area contributed by atoms with E-state index in [9.17, 15) is 0 Å². The van der Waals surface area contributed by atoms with Crippen molar-refractivity contribution in [2.45, 2.75) is 33.0 Å². The highest BCUT2D eigenvalue weighted by atomic mass is 28.3. The summed E-state index contributed by atoms with van der Waals surface area (Å²) in [6, 6.07) is 0. The minimum absolute atomic E-state index is 0.948. The fourth-order valence-corrected chi connectivity index (χ4v) is 1.04. The van der Waals surface area contributed by atoms with Crippen molar-refractivity contribution in [2.75, 3.05) is 6.23 Å². The zero-order valence-corrected chi connectivity index (χ0v) is 7.90. The van der Waals surface area contributed by atoms with E-state index in [-0.39, 0.29) is 0 Å². The van der Waals surface area contributed by atoms with Crippen molar-refractivity contribution >= 4 is 8.07 Å². The second kappa shape index (κ2) is 4.07. The molecule has 2 heteroatoms. The molecule has 0 spiro atoms. The van der Waals surface area contributed by atoms with Crippen LogP contribution in [-0.2, 0) is 4.74 Å². The van der Waals surface area contributed by atoms with Crippen LogP contribution in [0.5, 0.6) is 0 Å². The lowest BCUT2D eigenvalue weighted by molar-refractivity contribution is 0.240. The summed E-state index contributed by atoms with van der Waals surface area (Å²) in [5.41, 5.74) is 0. The van der Waals surface area contributed by atoms with Crippen LogP contribution in [-0.4, -0.2) is 14.3 Å². The van der Waals surface area contributed by atoms with Crippen LogP contribution in [0.4, 0.5) is 0 Å². The molecule has 0 aliphatic heterocycles. The summed E-state index contributed by atoms with van der Waals surface area (Å²) in [5.74, 6) is 0. The topological polar surface area (TPSA) is 9.23 Å². The van der Waals surface area contributed by atoms with Crippen LogP contribution in [0, 0.1) is 6.61 Å². The van der Waals surface area contributed by atoms with Crippen molar-refractivity contribution < 1.29 is 4.74 Å². The summed E-state index contributed by atoms with van der Waals surface area (Å²) in [4.78, 5) is 0. The van der Waals surface area contributed by atoms with E-state index in [2.05, 4.69) is 26.6 Å². The Morgan fingerprint density at radius 2 is 1.89 bits per heavy atom. The van der Waals surface area contributed by atoms with Gasteiger partial charge in [-0.3, -0.25) is 0 Å². The first-order valence-corrected chi connectivity index (χ1v) is 7.20. The summed E-state index contributed by atoms with van der Waals surface area (Å²) in [6.45, 7) is 10.9. The third-order valence-electron chi connectivity index (χ3n) is 0.801. The van der Waals surface area contributed by atoms with Gasteiger partial charge < -0.3 is 4.74 Å². The molecular formula is C7H17OSi. The van der Waals surface area contributed by atoms with Crippen molar-refractivity contribution in [1.82, 2.24) is 0 Å². The lowest BCUT2D eigenvalue weighted by Gasteiger charge is -2.14. The van der Waals surface area contributed by atoms with Gasteiger partial charge in [0.15, 0.2) is 0 Å². The molecule has 0 N–H and O–H groups in total. The number of hydrogen-bond acceptors (Lipinski definition) is 1. The Hall–Kier alpha value is 0.177. The summed E-state index contributed by atoms with van der Waals surface area (Å²) >= 11 is 0. The molecule has 0 fully saturated rings. The van der Waals surface area contributed by atoms with Gasteiger partial charge in [0, 0.05) is 6.23 Å². The minimum atomic E-state index is -0.948. The lowest BCUT2D eigenvalue weighted by Crippen LogP contribution is -2.27. The summed E-state index contributed by atoms with van der Waals surface area (Å²) in [7, 11) is -0.948. The molecule has 0 rings (SSSR count). The van der Waals surface area contributed by atoms with Crippen LogP contribution in [0.2, 0.25) is 19.6 Å². The van der Waals surface area contributed by atoms with Gasteiger partial charge in [-0.05, 0) is 6.42 Å². The van der Waals surface area contributed by atoms with E-state index in [0.29, 0.717) is 0 Å². The molecule has 0 aliphatic rings. The fraction of sp³-hybridized carbons (Fsp3) is 0.857. The zero-order valence-electron chi connectivity index (χ0n) is 6.90. The second-order valence-electron chi connectivity index (χ2n) is 3.45. The van der Waals surface area contributed by atoms with Gasteiger partial charge in [-0.2, -0.15) is 0 Å². The molecule has 0 aromatic carbocycles. The Balaban J connectivity index is 3.07. The maximum absolute atomic E-state index is 5.28. The smallest absolute Gasteiger partial charge is 0.0829 e. The van der Waals surface area contributed by atoms with Gasteiger partial charge in [-0.25, -0.2) is 0 Å². The molecule has 1 radical (unpaired) electrons. The molecule has 0 aromatic heterocycles. The van der Waals surface area contributed by atoms with Gasteiger partial charge in [0.25, 0.3) is 0 Å². The first-order valence-electron chi connectivity index (χ1n) is 3.49. The molecule has 0 saturated heterocycles. The van der Waals surface area contributed by atoms with E-state index < -0.39 is 8.07 Å². The third-order valence-corrected chi connectivity index (χ3v) is 1.83. The number of hydrogen-bond donors (Lipinski definition) is 0. The molecule has 0 atom stereocenters. The van der Waals surface area contributed by atoms with Gasteiger partial charge in [-0.1, -0.05) is 26.6 Å². The molecule has 0 unspecified atom stereocenters. The Labute approximate surface area is 59.4 Å². The van der Waals surface area contributed by atoms with E-state index in [1.807, 2.05) is 6.61 Å². The van der Waals surface area contributed by atoms with E-state index in [4.69, 9.17) is 4.74 Å². The standard InChI is InChI=1S/C7H17OSi/c1-5-6-8-7-9(2,3)4/h6H,5,7H2,1-4H3. The first kappa shape index (κ1) is 9.18. The fourth-order valence-electron chi connectivity index (χ4n) is 0.427. The highest BCUT2D eigenvalue weighted by Gasteiger charge is 2.11. The Kier molecular flexibility index (Phi) is 4.15. The van der Waals surface area contributed by atoms with Gasteiger partial charge in [0.05, 0.1) is 14.7 Å². The quantitative estimate of drug-likeness (QED) is 0.436. The molecule has 0 bridgehead atoms. The molecule has 1 nitrogen and oxygen atoms in total. The van der Waals surface area contributed by atoms with E-state index >= 15 is 0 Å². The van der Waals surface area contributed by atoms with Crippen molar-refractivity contribution in [3.8, 4) is 0 Å². The maximum atomic E-state index is 5.28. The van der Waals surface area contributed by atoms with Crippen LogP contribution in [0.1, 0.15) is 13.3 Å². The van der Waals surface area contributed by atoms with E-state index in [1.54, 1.807) is 0 Å². The summed E-state index contributed by atoms with van der Waals surface area (Å²) in [5, 5.41) is 0. The molecule has 0 aromatic rings.